The zero-order chi connectivity index (χ0) is 14.9. The number of hydrogen-bond donors (Lipinski definition) is 1. The largest absolute Gasteiger partial charge is 0.382 e. The highest BCUT2D eigenvalue weighted by Gasteiger charge is 2.25. The van der Waals surface area contributed by atoms with Crippen LogP contribution in [0, 0.1) is 23.0 Å². The Hall–Kier alpha value is -1.33. The maximum atomic E-state index is 10.9. The molecule has 0 aliphatic carbocycles. The molecule has 0 aromatic heterocycles. The van der Waals surface area contributed by atoms with Gasteiger partial charge in [0, 0.05) is 24.3 Å². The van der Waals surface area contributed by atoms with Crippen molar-refractivity contribution < 1.29 is 4.92 Å². The monoisotopic (exact) mass is 297 g/mol. The van der Waals surface area contributed by atoms with Gasteiger partial charge in [-0.05, 0) is 44.5 Å². The number of nitro benzene ring substituents is 1. The Morgan fingerprint density at radius 2 is 2.20 bits per heavy atom. The van der Waals surface area contributed by atoms with E-state index in [0.29, 0.717) is 12.0 Å². The highest BCUT2D eigenvalue weighted by atomic mass is 35.5. The van der Waals surface area contributed by atoms with Crippen molar-refractivity contribution >= 4 is 23.0 Å². The summed E-state index contributed by atoms with van der Waals surface area (Å²) in [5.41, 5.74) is 1.71. The molecule has 1 saturated heterocycles. The summed E-state index contributed by atoms with van der Waals surface area (Å²) in [6, 6.07) is 3.58. The second-order valence-electron chi connectivity index (χ2n) is 5.65. The summed E-state index contributed by atoms with van der Waals surface area (Å²) in [5, 5.41) is 14.5. The number of likely N-dealkylation sites (tertiary alicyclic amines) is 1. The van der Waals surface area contributed by atoms with Crippen LogP contribution in [0.4, 0.5) is 11.4 Å². The minimum absolute atomic E-state index is 0.0360. The number of benzene rings is 1. The molecule has 0 saturated carbocycles. The predicted octanol–water partition coefficient (Wildman–Crippen LogP) is 3.31. The number of aryl methyl sites for hydroxylation is 1. The van der Waals surface area contributed by atoms with Gasteiger partial charge in [-0.25, -0.2) is 0 Å². The third-order valence-corrected chi connectivity index (χ3v) is 4.24. The molecule has 5 nitrogen and oxygen atoms in total. The molecule has 2 atom stereocenters. The van der Waals surface area contributed by atoms with Crippen molar-refractivity contribution in [2.75, 3.05) is 25.5 Å². The zero-order valence-electron chi connectivity index (χ0n) is 12.0. The maximum Gasteiger partial charge on any atom is 0.288 e. The first kappa shape index (κ1) is 15.1. The molecule has 0 amide bonds. The van der Waals surface area contributed by atoms with Crippen LogP contribution < -0.4 is 5.32 Å². The van der Waals surface area contributed by atoms with Gasteiger partial charge in [-0.3, -0.25) is 10.1 Å². The Bertz CT molecular complexity index is 521. The van der Waals surface area contributed by atoms with E-state index in [1.54, 1.807) is 6.07 Å². The summed E-state index contributed by atoms with van der Waals surface area (Å²) >= 11 is 5.98. The molecule has 110 valence electrons. The van der Waals surface area contributed by atoms with Gasteiger partial charge in [0.15, 0.2) is 0 Å². The first-order chi connectivity index (χ1) is 9.38. The van der Waals surface area contributed by atoms with E-state index in [-0.39, 0.29) is 10.7 Å². The quantitative estimate of drug-likeness (QED) is 0.687. The molecule has 1 heterocycles. The fourth-order valence-corrected chi connectivity index (χ4v) is 2.96. The molecule has 20 heavy (non-hydrogen) atoms. The minimum Gasteiger partial charge on any atom is -0.382 e. The average molecular weight is 298 g/mol. The number of rotatable bonds is 3. The van der Waals surface area contributed by atoms with Gasteiger partial charge >= 0.3 is 0 Å². The molecular formula is C14H20ClN3O2. The highest BCUT2D eigenvalue weighted by Crippen LogP contribution is 2.32. The third kappa shape index (κ3) is 3.22. The second kappa shape index (κ2) is 5.97. The fraction of sp³-hybridized carbons (Fsp3) is 0.571. The van der Waals surface area contributed by atoms with E-state index in [0.717, 1.165) is 30.8 Å². The van der Waals surface area contributed by atoms with Crippen molar-refractivity contribution in [3.63, 3.8) is 0 Å². The Morgan fingerprint density at radius 1 is 1.50 bits per heavy atom. The molecule has 1 fully saturated rings. The first-order valence-corrected chi connectivity index (χ1v) is 7.16. The Balaban J connectivity index is 2.18. The maximum absolute atomic E-state index is 10.9. The smallest absolute Gasteiger partial charge is 0.288 e. The number of nitrogens with zero attached hydrogens (tertiary/aromatic N) is 2. The van der Waals surface area contributed by atoms with Crippen LogP contribution in [0.1, 0.15) is 18.9 Å². The van der Waals surface area contributed by atoms with Crippen molar-refractivity contribution in [2.45, 2.75) is 26.3 Å². The van der Waals surface area contributed by atoms with Crippen LogP contribution in [0.5, 0.6) is 0 Å². The topological polar surface area (TPSA) is 58.4 Å². The molecule has 1 aromatic rings. The number of halogens is 1. The van der Waals surface area contributed by atoms with Crippen molar-refractivity contribution in [3.05, 3.63) is 32.8 Å². The fourth-order valence-electron chi connectivity index (χ4n) is 2.73. The van der Waals surface area contributed by atoms with E-state index in [4.69, 9.17) is 11.6 Å². The lowest BCUT2D eigenvalue weighted by Gasteiger charge is -2.36. The van der Waals surface area contributed by atoms with E-state index < -0.39 is 4.92 Å². The van der Waals surface area contributed by atoms with Crippen molar-refractivity contribution in [1.82, 2.24) is 4.90 Å². The van der Waals surface area contributed by atoms with Crippen LogP contribution >= 0.6 is 11.6 Å². The molecule has 1 N–H and O–H groups in total. The Kier molecular flexibility index (Phi) is 4.50. The van der Waals surface area contributed by atoms with E-state index in [9.17, 15) is 10.1 Å². The van der Waals surface area contributed by atoms with Gasteiger partial charge < -0.3 is 10.2 Å². The normalized spacial score (nSPS) is 23.6. The van der Waals surface area contributed by atoms with Gasteiger partial charge in [-0.15, -0.1) is 0 Å². The van der Waals surface area contributed by atoms with E-state index in [2.05, 4.69) is 24.2 Å². The lowest BCUT2D eigenvalue weighted by molar-refractivity contribution is -0.384. The van der Waals surface area contributed by atoms with Gasteiger partial charge in [0.1, 0.15) is 5.02 Å². The summed E-state index contributed by atoms with van der Waals surface area (Å²) in [6.45, 7) is 6.19. The lowest BCUT2D eigenvalue weighted by Crippen LogP contribution is -2.43. The van der Waals surface area contributed by atoms with Crippen LogP contribution in [0.15, 0.2) is 12.1 Å². The molecule has 6 heteroatoms. The number of nitrogens with one attached hydrogen (secondary N) is 1. The summed E-state index contributed by atoms with van der Waals surface area (Å²) in [6.07, 6.45) is 1.06. The van der Waals surface area contributed by atoms with Gasteiger partial charge in [-0.1, -0.05) is 18.5 Å². The van der Waals surface area contributed by atoms with Gasteiger partial charge in [-0.2, -0.15) is 0 Å². The highest BCUT2D eigenvalue weighted by molar-refractivity contribution is 6.33. The molecule has 0 bridgehead atoms. The van der Waals surface area contributed by atoms with Crippen LogP contribution in [0.2, 0.25) is 5.02 Å². The molecular weight excluding hydrogens is 278 g/mol. The molecule has 1 aliphatic rings. The molecule has 2 rings (SSSR count). The molecule has 1 aliphatic heterocycles. The predicted molar refractivity (Wildman–Crippen MR) is 81.5 cm³/mol. The van der Waals surface area contributed by atoms with Crippen LogP contribution in [-0.2, 0) is 0 Å². The minimum atomic E-state index is -0.447. The Labute approximate surface area is 124 Å². The van der Waals surface area contributed by atoms with Gasteiger partial charge in [0.05, 0.1) is 4.92 Å². The second-order valence-corrected chi connectivity index (χ2v) is 6.06. The van der Waals surface area contributed by atoms with E-state index in [1.807, 2.05) is 6.92 Å². The van der Waals surface area contributed by atoms with Gasteiger partial charge in [0.25, 0.3) is 5.69 Å². The lowest BCUT2D eigenvalue weighted by atomic mass is 9.93. The van der Waals surface area contributed by atoms with Crippen LogP contribution in [0.3, 0.4) is 0 Å². The van der Waals surface area contributed by atoms with Crippen molar-refractivity contribution in [2.24, 2.45) is 5.92 Å². The third-order valence-electron chi connectivity index (χ3n) is 3.94. The van der Waals surface area contributed by atoms with Crippen molar-refractivity contribution in [3.8, 4) is 0 Å². The number of nitro groups is 1. The molecule has 2 unspecified atom stereocenters. The number of piperidine rings is 1. The summed E-state index contributed by atoms with van der Waals surface area (Å²) in [4.78, 5) is 12.7. The summed E-state index contributed by atoms with van der Waals surface area (Å²) in [5.74, 6) is 0.530. The number of anilines is 1. The molecule has 1 aromatic carbocycles. The Morgan fingerprint density at radius 3 is 2.80 bits per heavy atom. The van der Waals surface area contributed by atoms with Crippen LogP contribution in [0.25, 0.3) is 0 Å². The molecule has 0 radical (unpaired) electrons. The van der Waals surface area contributed by atoms with Crippen LogP contribution in [-0.4, -0.2) is 36.0 Å². The van der Waals surface area contributed by atoms with E-state index in [1.165, 1.54) is 6.07 Å². The van der Waals surface area contributed by atoms with Gasteiger partial charge in [0.2, 0.25) is 0 Å². The summed E-state index contributed by atoms with van der Waals surface area (Å²) < 4.78 is 0. The zero-order valence-corrected chi connectivity index (χ0v) is 12.8. The first-order valence-electron chi connectivity index (χ1n) is 6.78. The van der Waals surface area contributed by atoms with Crippen molar-refractivity contribution in [1.29, 1.82) is 0 Å². The average Bonchev–Trinajstić information content (AvgIpc) is 2.36. The standard InChI is InChI=1S/C14H20ClN3O2/c1-9-6-14(18(19)20)11(15)7-13(9)16-12-4-5-17(3)8-10(12)2/h6-7,10,12,16H,4-5,8H2,1-3H3. The summed E-state index contributed by atoms with van der Waals surface area (Å²) in [7, 11) is 2.13. The SMILES string of the molecule is Cc1cc([N+](=O)[O-])c(Cl)cc1NC1CCN(C)CC1C. The number of hydrogen-bond acceptors (Lipinski definition) is 4. The van der Waals surface area contributed by atoms with E-state index >= 15 is 0 Å². The molecule has 0 spiro atoms.